The van der Waals surface area contributed by atoms with E-state index in [0.29, 0.717) is 21.5 Å². The van der Waals surface area contributed by atoms with Crippen molar-refractivity contribution in [3.63, 3.8) is 0 Å². The lowest BCUT2D eigenvalue weighted by molar-refractivity contribution is 0.415. The number of nitrogens with zero attached hydrogens (tertiary/aromatic N) is 1. The number of halogens is 1. The summed E-state index contributed by atoms with van der Waals surface area (Å²) in [4.78, 5) is 11.3. The Morgan fingerprint density at radius 2 is 2.28 bits per heavy atom. The summed E-state index contributed by atoms with van der Waals surface area (Å²) in [6.07, 6.45) is 0. The number of H-pyrrole nitrogens is 1. The highest BCUT2D eigenvalue weighted by Crippen LogP contribution is 2.28. The van der Waals surface area contributed by atoms with E-state index in [2.05, 4.69) is 9.69 Å². The molecule has 1 aromatic carbocycles. The summed E-state index contributed by atoms with van der Waals surface area (Å²) in [7, 11) is 1.53. The van der Waals surface area contributed by atoms with E-state index in [4.69, 9.17) is 21.6 Å². The van der Waals surface area contributed by atoms with Gasteiger partial charge in [-0.05, 0) is 23.7 Å². The van der Waals surface area contributed by atoms with Crippen LogP contribution in [0.25, 0.3) is 0 Å². The average Bonchev–Trinajstić information content (AvgIpc) is 2.69. The minimum Gasteiger partial charge on any atom is -0.497 e. The quantitative estimate of drug-likeness (QED) is 0.907. The highest BCUT2D eigenvalue weighted by molar-refractivity contribution is 7.10. The third-order valence-electron chi connectivity index (χ3n) is 2.18. The summed E-state index contributed by atoms with van der Waals surface area (Å²) < 4.78 is 7.57. The zero-order valence-corrected chi connectivity index (χ0v) is 10.9. The van der Waals surface area contributed by atoms with E-state index in [-0.39, 0.29) is 5.56 Å². The van der Waals surface area contributed by atoms with E-state index in [1.54, 1.807) is 18.2 Å². The molecule has 0 saturated heterocycles. The maximum absolute atomic E-state index is 11.3. The molecule has 5 nitrogen and oxygen atoms in total. The van der Waals surface area contributed by atoms with Crippen LogP contribution in [-0.4, -0.2) is 11.5 Å². The first kappa shape index (κ1) is 12.5. The Morgan fingerprint density at radius 3 is 2.94 bits per heavy atom. The Bertz CT molecular complexity index is 672. The maximum atomic E-state index is 11.3. The summed E-state index contributed by atoms with van der Waals surface area (Å²) in [5.74, 6) is 0.589. The van der Waals surface area contributed by atoms with Crippen LogP contribution in [0.2, 0.25) is 5.02 Å². The number of aromatic amines is 1. The molecule has 2 rings (SSSR count). The fraction of sp³-hybridized carbons (Fsp3) is 0.0909. The smallest absolute Gasteiger partial charge is 0.278 e. The molecule has 0 atom stereocenters. The number of aromatic nitrogens is 1. The molecule has 2 N–H and O–H groups in total. The van der Waals surface area contributed by atoms with Crippen molar-refractivity contribution >= 4 is 33.8 Å². The van der Waals surface area contributed by atoms with Gasteiger partial charge in [0.05, 0.1) is 7.11 Å². The number of ether oxygens (including phenoxy) is 1. The van der Waals surface area contributed by atoms with Crippen molar-refractivity contribution in [3.05, 3.63) is 39.1 Å². The monoisotopic (exact) mass is 281 g/mol. The Balaban J connectivity index is 2.37. The fourth-order valence-corrected chi connectivity index (χ4v) is 2.31. The number of nitrogens with one attached hydrogen (secondary N) is 2. The highest BCUT2D eigenvalue weighted by Gasteiger charge is 2.10. The second kappa shape index (κ2) is 5.12. The molecule has 0 fully saturated rings. The molecule has 0 spiro atoms. The van der Waals surface area contributed by atoms with Gasteiger partial charge in [-0.25, -0.2) is 0 Å². The first-order valence-electron chi connectivity index (χ1n) is 4.87. The van der Waals surface area contributed by atoms with Gasteiger partial charge in [-0.1, -0.05) is 11.6 Å². The average molecular weight is 282 g/mol. The normalized spacial score (nSPS) is 9.83. The molecule has 18 heavy (non-hydrogen) atoms. The van der Waals surface area contributed by atoms with Gasteiger partial charge < -0.3 is 10.1 Å². The largest absolute Gasteiger partial charge is 0.497 e. The lowest BCUT2D eigenvalue weighted by atomic mass is 10.3. The van der Waals surface area contributed by atoms with Gasteiger partial charge in [0, 0.05) is 16.8 Å². The van der Waals surface area contributed by atoms with Gasteiger partial charge in [0.1, 0.15) is 16.8 Å². The number of nitriles is 1. The molecule has 2 aromatic rings. The van der Waals surface area contributed by atoms with Crippen LogP contribution in [-0.2, 0) is 0 Å². The third kappa shape index (κ3) is 2.47. The van der Waals surface area contributed by atoms with Crippen molar-refractivity contribution in [1.82, 2.24) is 4.37 Å². The SMILES string of the molecule is COc1cc(Cl)cc(Nc2s[nH]c(=O)c2C#N)c1. The van der Waals surface area contributed by atoms with Gasteiger partial charge in [0.25, 0.3) is 5.56 Å². The van der Waals surface area contributed by atoms with Gasteiger partial charge >= 0.3 is 0 Å². The first-order valence-corrected chi connectivity index (χ1v) is 6.06. The van der Waals surface area contributed by atoms with E-state index in [9.17, 15) is 4.79 Å². The zero-order chi connectivity index (χ0) is 13.1. The lowest BCUT2D eigenvalue weighted by Gasteiger charge is -2.07. The number of hydrogen-bond donors (Lipinski definition) is 2. The number of rotatable bonds is 3. The van der Waals surface area contributed by atoms with Crippen molar-refractivity contribution in [2.75, 3.05) is 12.4 Å². The molecule has 0 aliphatic carbocycles. The van der Waals surface area contributed by atoms with Gasteiger partial charge in [0.15, 0.2) is 5.56 Å². The summed E-state index contributed by atoms with van der Waals surface area (Å²) in [6.45, 7) is 0. The Labute approximate surface area is 112 Å². The van der Waals surface area contributed by atoms with Crippen LogP contribution >= 0.6 is 23.1 Å². The molecule has 0 amide bonds. The maximum Gasteiger partial charge on any atom is 0.278 e. The minimum absolute atomic E-state index is 0.0546. The summed E-state index contributed by atoms with van der Waals surface area (Å²) in [5, 5.41) is 12.8. The molecule has 1 aromatic heterocycles. The van der Waals surface area contributed by atoms with Crippen LogP contribution in [0.5, 0.6) is 5.75 Å². The molecule has 7 heteroatoms. The van der Waals surface area contributed by atoms with Crippen molar-refractivity contribution in [1.29, 1.82) is 5.26 Å². The molecule has 0 bridgehead atoms. The molecule has 0 unspecified atom stereocenters. The Hall–Kier alpha value is -1.97. The molecular weight excluding hydrogens is 274 g/mol. The number of hydrogen-bond acceptors (Lipinski definition) is 5. The summed E-state index contributed by atoms with van der Waals surface area (Å²) >= 11 is 6.98. The summed E-state index contributed by atoms with van der Waals surface area (Å²) in [5.41, 5.74) is 0.295. The molecule has 0 radical (unpaired) electrons. The van der Waals surface area contributed by atoms with E-state index >= 15 is 0 Å². The minimum atomic E-state index is -0.404. The lowest BCUT2D eigenvalue weighted by Crippen LogP contribution is -2.02. The van der Waals surface area contributed by atoms with E-state index in [1.165, 1.54) is 7.11 Å². The van der Waals surface area contributed by atoms with Crippen LogP contribution < -0.4 is 15.6 Å². The van der Waals surface area contributed by atoms with Gasteiger partial charge in [0.2, 0.25) is 0 Å². The van der Waals surface area contributed by atoms with E-state index in [1.807, 2.05) is 6.07 Å². The Morgan fingerprint density at radius 1 is 1.50 bits per heavy atom. The van der Waals surface area contributed by atoms with Crippen molar-refractivity contribution in [3.8, 4) is 11.8 Å². The Kier molecular flexibility index (Phi) is 3.55. The van der Waals surface area contributed by atoms with Crippen molar-refractivity contribution in [2.45, 2.75) is 0 Å². The van der Waals surface area contributed by atoms with Crippen molar-refractivity contribution < 1.29 is 4.74 Å². The van der Waals surface area contributed by atoms with Crippen LogP contribution in [0, 0.1) is 11.3 Å². The summed E-state index contributed by atoms with van der Waals surface area (Å²) in [6, 6.07) is 6.91. The topological polar surface area (TPSA) is 77.9 Å². The van der Waals surface area contributed by atoms with Crippen LogP contribution in [0.1, 0.15) is 5.56 Å². The number of methoxy groups -OCH3 is 1. The third-order valence-corrected chi connectivity index (χ3v) is 3.19. The second-order valence-electron chi connectivity index (χ2n) is 3.35. The van der Waals surface area contributed by atoms with Gasteiger partial charge in [-0.3, -0.25) is 9.17 Å². The zero-order valence-electron chi connectivity index (χ0n) is 9.28. The molecule has 0 aliphatic heterocycles. The van der Waals surface area contributed by atoms with Crippen molar-refractivity contribution in [2.24, 2.45) is 0 Å². The van der Waals surface area contributed by atoms with Gasteiger partial charge in [-0.2, -0.15) is 5.26 Å². The molecule has 0 aliphatic rings. The highest BCUT2D eigenvalue weighted by atomic mass is 35.5. The van der Waals surface area contributed by atoms with Gasteiger partial charge in [-0.15, -0.1) is 0 Å². The molecule has 1 heterocycles. The standard InChI is InChI=1S/C11H8ClN3O2S/c1-17-8-3-6(12)2-7(4-8)14-11-9(5-13)10(16)15-18-11/h2-4,14H,1H3,(H,15,16). The fourth-order valence-electron chi connectivity index (χ4n) is 1.38. The van der Waals surface area contributed by atoms with E-state index in [0.717, 1.165) is 11.5 Å². The molecular formula is C11H8ClN3O2S. The first-order chi connectivity index (χ1) is 8.63. The molecule has 92 valence electrons. The van der Waals surface area contributed by atoms with Crippen LogP contribution in [0.3, 0.4) is 0 Å². The van der Waals surface area contributed by atoms with E-state index < -0.39 is 5.56 Å². The number of anilines is 2. The van der Waals surface area contributed by atoms with Crippen LogP contribution in [0.15, 0.2) is 23.0 Å². The second-order valence-corrected chi connectivity index (χ2v) is 4.61. The molecule has 0 saturated carbocycles. The number of benzene rings is 1. The van der Waals surface area contributed by atoms with Crippen LogP contribution in [0.4, 0.5) is 10.7 Å². The predicted molar refractivity (Wildman–Crippen MR) is 70.9 cm³/mol. The predicted octanol–water partition coefficient (Wildman–Crippen LogP) is 2.71.